The smallest absolute Gasteiger partial charge is 0.0558 e. The maximum atomic E-state index is 8.62. The molecule has 0 aromatic rings. The number of hydrogen-bond acceptors (Lipinski definition) is 3. The fraction of sp³-hybridized carbons (Fsp3) is 1.00. The summed E-state index contributed by atoms with van der Waals surface area (Å²) < 4.78 is 0. The fourth-order valence-corrected chi connectivity index (χ4v) is 1.02. The van der Waals surface area contributed by atoms with Crippen LogP contribution in [0, 0.1) is 0 Å². The Labute approximate surface area is 75.8 Å². The molecule has 2 N–H and O–H groups in total. The van der Waals surface area contributed by atoms with Crippen molar-refractivity contribution in [2.45, 2.75) is 26.3 Å². The molecular weight excluding hydrogens is 152 g/mol. The van der Waals surface area contributed by atoms with Gasteiger partial charge in [-0.2, -0.15) is 0 Å². The van der Waals surface area contributed by atoms with Gasteiger partial charge in [-0.15, -0.1) is 0 Å². The zero-order valence-corrected chi connectivity index (χ0v) is 8.51. The van der Waals surface area contributed by atoms with Gasteiger partial charge >= 0.3 is 0 Å². The van der Waals surface area contributed by atoms with Gasteiger partial charge in [0.25, 0.3) is 0 Å². The maximum absolute atomic E-state index is 8.62. The molecule has 0 radical (unpaired) electrons. The van der Waals surface area contributed by atoms with Gasteiger partial charge in [0.1, 0.15) is 0 Å². The van der Waals surface area contributed by atoms with E-state index >= 15 is 0 Å². The van der Waals surface area contributed by atoms with Crippen LogP contribution in [0.4, 0.5) is 0 Å². The van der Waals surface area contributed by atoms with Crippen molar-refractivity contribution in [3.63, 3.8) is 0 Å². The summed E-state index contributed by atoms with van der Waals surface area (Å²) in [5.74, 6) is 0. The van der Waals surface area contributed by atoms with Crippen molar-refractivity contribution in [2.24, 2.45) is 0 Å². The highest BCUT2D eigenvalue weighted by atomic mass is 16.3. The first-order chi connectivity index (χ1) is 5.66. The lowest BCUT2D eigenvalue weighted by Gasteiger charge is -2.15. The minimum Gasteiger partial charge on any atom is -0.395 e. The van der Waals surface area contributed by atoms with Gasteiger partial charge in [-0.05, 0) is 26.6 Å². The lowest BCUT2D eigenvalue weighted by Crippen LogP contribution is -2.29. The molecule has 0 unspecified atom stereocenters. The van der Waals surface area contributed by atoms with E-state index in [0.29, 0.717) is 6.04 Å². The largest absolute Gasteiger partial charge is 0.395 e. The van der Waals surface area contributed by atoms with Gasteiger partial charge in [-0.1, -0.05) is 13.8 Å². The molecule has 0 aliphatic heterocycles. The minimum absolute atomic E-state index is 0.258. The number of aliphatic hydroxyl groups is 1. The van der Waals surface area contributed by atoms with E-state index < -0.39 is 0 Å². The molecule has 3 heteroatoms. The molecule has 0 fully saturated rings. The molecule has 0 rings (SSSR count). The van der Waals surface area contributed by atoms with Crippen molar-refractivity contribution >= 4 is 0 Å². The van der Waals surface area contributed by atoms with Crippen LogP contribution >= 0.6 is 0 Å². The average Bonchev–Trinajstić information content (AvgIpc) is 1.98. The number of nitrogens with zero attached hydrogens (tertiary/aromatic N) is 1. The van der Waals surface area contributed by atoms with Crippen molar-refractivity contribution in [1.29, 1.82) is 0 Å². The van der Waals surface area contributed by atoms with E-state index in [4.69, 9.17) is 5.11 Å². The first-order valence-electron chi connectivity index (χ1n) is 4.69. The van der Waals surface area contributed by atoms with Crippen LogP contribution in [0.5, 0.6) is 0 Å². The lowest BCUT2D eigenvalue weighted by molar-refractivity contribution is 0.219. The molecule has 3 nitrogen and oxygen atoms in total. The Morgan fingerprint density at radius 2 is 2.00 bits per heavy atom. The SMILES string of the molecule is CC(C)NCCCN(C)CCO. The summed E-state index contributed by atoms with van der Waals surface area (Å²) >= 11 is 0. The van der Waals surface area contributed by atoms with Gasteiger partial charge in [0.2, 0.25) is 0 Å². The van der Waals surface area contributed by atoms with Crippen LogP contribution in [-0.4, -0.2) is 49.3 Å². The van der Waals surface area contributed by atoms with Crippen LogP contribution in [-0.2, 0) is 0 Å². The van der Waals surface area contributed by atoms with Crippen molar-refractivity contribution in [3.05, 3.63) is 0 Å². The van der Waals surface area contributed by atoms with E-state index in [0.717, 1.165) is 26.1 Å². The Hall–Kier alpha value is -0.120. The molecule has 0 bridgehead atoms. The third-order valence-electron chi connectivity index (χ3n) is 1.75. The van der Waals surface area contributed by atoms with Crippen LogP contribution in [0.15, 0.2) is 0 Å². The van der Waals surface area contributed by atoms with E-state index in [2.05, 4.69) is 24.1 Å². The summed E-state index contributed by atoms with van der Waals surface area (Å²) in [6, 6.07) is 0.577. The molecule has 0 saturated carbocycles. The third-order valence-corrected chi connectivity index (χ3v) is 1.75. The molecule has 0 saturated heterocycles. The van der Waals surface area contributed by atoms with E-state index in [1.165, 1.54) is 0 Å². The molecule has 0 heterocycles. The number of likely N-dealkylation sites (N-methyl/N-ethyl adjacent to an activating group) is 1. The van der Waals surface area contributed by atoms with Crippen LogP contribution < -0.4 is 5.32 Å². The molecule has 0 spiro atoms. The summed E-state index contributed by atoms with van der Waals surface area (Å²) in [6.45, 7) is 7.46. The highest BCUT2D eigenvalue weighted by molar-refractivity contribution is 4.55. The highest BCUT2D eigenvalue weighted by Crippen LogP contribution is 1.86. The van der Waals surface area contributed by atoms with Gasteiger partial charge in [0.05, 0.1) is 6.61 Å². The topological polar surface area (TPSA) is 35.5 Å². The van der Waals surface area contributed by atoms with Crippen LogP contribution in [0.2, 0.25) is 0 Å². The van der Waals surface area contributed by atoms with Gasteiger partial charge in [0.15, 0.2) is 0 Å². The Bertz CT molecular complexity index is 96.5. The maximum Gasteiger partial charge on any atom is 0.0558 e. The molecular formula is C9H22N2O. The number of hydrogen-bond donors (Lipinski definition) is 2. The highest BCUT2D eigenvalue weighted by Gasteiger charge is 1.96. The molecule has 74 valence electrons. The van der Waals surface area contributed by atoms with Crippen molar-refractivity contribution in [3.8, 4) is 0 Å². The third kappa shape index (κ3) is 7.98. The number of nitrogens with one attached hydrogen (secondary N) is 1. The van der Waals surface area contributed by atoms with Crippen LogP contribution in [0.25, 0.3) is 0 Å². The van der Waals surface area contributed by atoms with Crippen molar-refractivity contribution in [2.75, 3.05) is 33.3 Å². The summed E-state index contributed by atoms with van der Waals surface area (Å²) in [4.78, 5) is 2.14. The fourth-order valence-electron chi connectivity index (χ4n) is 1.02. The minimum atomic E-state index is 0.258. The molecule has 0 aromatic carbocycles. The van der Waals surface area contributed by atoms with E-state index in [9.17, 15) is 0 Å². The second-order valence-corrected chi connectivity index (χ2v) is 3.49. The van der Waals surface area contributed by atoms with E-state index in [1.54, 1.807) is 0 Å². The van der Waals surface area contributed by atoms with Crippen molar-refractivity contribution in [1.82, 2.24) is 10.2 Å². The quantitative estimate of drug-likeness (QED) is 0.545. The predicted molar refractivity (Wildman–Crippen MR) is 52.3 cm³/mol. The van der Waals surface area contributed by atoms with E-state index in [-0.39, 0.29) is 6.61 Å². The van der Waals surface area contributed by atoms with E-state index in [1.807, 2.05) is 7.05 Å². The molecule has 0 amide bonds. The Balaban J connectivity index is 3.08. The normalized spacial score (nSPS) is 11.5. The molecule has 12 heavy (non-hydrogen) atoms. The first kappa shape index (κ1) is 11.9. The van der Waals surface area contributed by atoms with Gasteiger partial charge in [-0.3, -0.25) is 0 Å². The Morgan fingerprint density at radius 3 is 2.50 bits per heavy atom. The zero-order chi connectivity index (χ0) is 9.40. The zero-order valence-electron chi connectivity index (χ0n) is 8.51. The van der Waals surface area contributed by atoms with Gasteiger partial charge < -0.3 is 15.3 Å². The number of aliphatic hydroxyl groups excluding tert-OH is 1. The first-order valence-corrected chi connectivity index (χ1v) is 4.69. The molecule has 0 atom stereocenters. The summed E-state index contributed by atoms with van der Waals surface area (Å²) in [5, 5.41) is 12.0. The van der Waals surface area contributed by atoms with Crippen LogP contribution in [0.1, 0.15) is 20.3 Å². The Morgan fingerprint density at radius 1 is 1.33 bits per heavy atom. The average molecular weight is 174 g/mol. The lowest BCUT2D eigenvalue weighted by atomic mass is 10.3. The second kappa shape index (κ2) is 7.53. The standard InChI is InChI=1S/C9H22N2O/c1-9(2)10-5-4-6-11(3)7-8-12/h9-10,12H,4-8H2,1-3H3. The monoisotopic (exact) mass is 174 g/mol. The predicted octanol–water partition coefficient (Wildman–Crippen LogP) is 0.299. The summed E-state index contributed by atoms with van der Waals surface area (Å²) in [6.07, 6.45) is 1.15. The molecule has 0 aromatic heterocycles. The number of rotatable bonds is 7. The van der Waals surface area contributed by atoms with Gasteiger partial charge in [0, 0.05) is 12.6 Å². The molecule has 0 aliphatic rings. The van der Waals surface area contributed by atoms with Gasteiger partial charge in [-0.25, -0.2) is 0 Å². The summed E-state index contributed by atoms with van der Waals surface area (Å²) in [5.41, 5.74) is 0. The van der Waals surface area contributed by atoms with Crippen LogP contribution in [0.3, 0.4) is 0 Å². The summed E-state index contributed by atoms with van der Waals surface area (Å²) in [7, 11) is 2.03. The van der Waals surface area contributed by atoms with Crippen molar-refractivity contribution < 1.29 is 5.11 Å². The Kier molecular flexibility index (Phi) is 7.45. The second-order valence-electron chi connectivity index (χ2n) is 3.49. The molecule has 0 aliphatic carbocycles.